The molecule has 2 aromatic rings. The summed E-state index contributed by atoms with van der Waals surface area (Å²) in [7, 11) is -3.45. The summed E-state index contributed by atoms with van der Waals surface area (Å²) in [5, 5.41) is 3.58. The summed E-state index contributed by atoms with van der Waals surface area (Å²) < 4.78 is 26.5. The van der Waals surface area contributed by atoms with Gasteiger partial charge in [0.1, 0.15) is 0 Å². The van der Waals surface area contributed by atoms with Crippen molar-refractivity contribution in [2.75, 3.05) is 18.4 Å². The van der Waals surface area contributed by atoms with E-state index in [0.717, 1.165) is 18.4 Å². The summed E-state index contributed by atoms with van der Waals surface area (Å²) in [4.78, 5) is 12.4. The third-order valence-corrected chi connectivity index (χ3v) is 6.84. The van der Waals surface area contributed by atoms with E-state index in [1.807, 2.05) is 0 Å². The maximum Gasteiger partial charge on any atom is 0.243 e. The molecule has 1 heterocycles. The summed E-state index contributed by atoms with van der Waals surface area (Å²) in [5.74, 6) is -0.224. The molecular formula is C18H18Cl2N2O3S. The van der Waals surface area contributed by atoms with E-state index in [1.165, 1.54) is 16.4 Å². The number of rotatable bonds is 5. The SMILES string of the molecule is O=C(Cc1ccc(Cl)c(Cl)c1)Nc1ccc(S(=O)(=O)N2CCCC2)cc1. The molecule has 0 bridgehead atoms. The van der Waals surface area contributed by atoms with Crippen LogP contribution >= 0.6 is 23.2 Å². The minimum absolute atomic E-state index is 0.144. The highest BCUT2D eigenvalue weighted by Crippen LogP contribution is 2.24. The Kier molecular flexibility index (Phi) is 5.87. The Labute approximate surface area is 163 Å². The van der Waals surface area contributed by atoms with E-state index in [9.17, 15) is 13.2 Å². The lowest BCUT2D eigenvalue weighted by Gasteiger charge is -2.15. The van der Waals surface area contributed by atoms with Crippen molar-refractivity contribution in [3.8, 4) is 0 Å². The van der Waals surface area contributed by atoms with Crippen LogP contribution in [0.1, 0.15) is 18.4 Å². The number of nitrogens with zero attached hydrogens (tertiary/aromatic N) is 1. The third kappa shape index (κ3) is 4.38. The van der Waals surface area contributed by atoms with Gasteiger partial charge in [-0.2, -0.15) is 4.31 Å². The number of halogens is 2. The molecule has 138 valence electrons. The number of benzene rings is 2. The van der Waals surface area contributed by atoms with Gasteiger partial charge in [0.2, 0.25) is 15.9 Å². The first-order chi connectivity index (χ1) is 12.4. The molecule has 5 nitrogen and oxygen atoms in total. The fourth-order valence-corrected chi connectivity index (χ4v) is 4.67. The second-order valence-electron chi connectivity index (χ2n) is 6.11. The fraction of sp³-hybridized carbons (Fsp3) is 0.278. The Morgan fingerprint density at radius 3 is 2.27 bits per heavy atom. The number of carbonyl (C=O) groups excluding carboxylic acids is 1. The molecule has 0 aliphatic carbocycles. The number of anilines is 1. The molecular weight excluding hydrogens is 395 g/mol. The van der Waals surface area contributed by atoms with Crippen LogP contribution in [0.15, 0.2) is 47.4 Å². The molecule has 0 aromatic heterocycles. The van der Waals surface area contributed by atoms with Crippen molar-refractivity contribution < 1.29 is 13.2 Å². The van der Waals surface area contributed by atoms with Crippen LogP contribution in [0.25, 0.3) is 0 Å². The number of amides is 1. The third-order valence-electron chi connectivity index (χ3n) is 4.19. The zero-order valence-corrected chi connectivity index (χ0v) is 16.2. The van der Waals surface area contributed by atoms with Crippen molar-refractivity contribution >= 4 is 44.8 Å². The highest BCUT2D eigenvalue weighted by atomic mass is 35.5. The Morgan fingerprint density at radius 2 is 1.65 bits per heavy atom. The Morgan fingerprint density at radius 1 is 1.00 bits per heavy atom. The molecule has 1 fully saturated rings. The predicted molar refractivity (Wildman–Crippen MR) is 103 cm³/mol. The zero-order chi connectivity index (χ0) is 18.7. The topological polar surface area (TPSA) is 66.5 Å². The second-order valence-corrected chi connectivity index (χ2v) is 8.86. The molecule has 26 heavy (non-hydrogen) atoms. The monoisotopic (exact) mass is 412 g/mol. The maximum atomic E-state index is 12.5. The van der Waals surface area contributed by atoms with Crippen LogP contribution in [-0.4, -0.2) is 31.7 Å². The molecule has 0 saturated carbocycles. The zero-order valence-electron chi connectivity index (χ0n) is 13.9. The van der Waals surface area contributed by atoms with Crippen molar-refractivity contribution in [2.24, 2.45) is 0 Å². The molecule has 0 spiro atoms. The number of hydrogen-bond donors (Lipinski definition) is 1. The molecule has 1 aliphatic heterocycles. The van der Waals surface area contributed by atoms with Gasteiger partial charge in [-0.15, -0.1) is 0 Å². The van der Waals surface area contributed by atoms with Gasteiger partial charge in [-0.05, 0) is 54.8 Å². The maximum absolute atomic E-state index is 12.5. The van der Waals surface area contributed by atoms with E-state index in [2.05, 4.69) is 5.32 Å². The molecule has 0 radical (unpaired) electrons. The minimum atomic E-state index is -3.45. The van der Waals surface area contributed by atoms with Crippen LogP contribution in [0.5, 0.6) is 0 Å². The van der Waals surface area contributed by atoms with Gasteiger partial charge < -0.3 is 5.32 Å². The van der Waals surface area contributed by atoms with Gasteiger partial charge in [-0.3, -0.25) is 4.79 Å². The molecule has 8 heteroatoms. The number of hydrogen-bond acceptors (Lipinski definition) is 3. The highest BCUT2D eigenvalue weighted by Gasteiger charge is 2.26. The lowest BCUT2D eigenvalue weighted by Crippen LogP contribution is -2.27. The van der Waals surface area contributed by atoms with Crippen LogP contribution in [0.2, 0.25) is 10.0 Å². The number of carbonyl (C=O) groups is 1. The summed E-state index contributed by atoms with van der Waals surface area (Å²) >= 11 is 11.8. The first-order valence-corrected chi connectivity index (χ1v) is 10.4. The van der Waals surface area contributed by atoms with Gasteiger partial charge in [-0.25, -0.2) is 8.42 Å². The second kappa shape index (κ2) is 7.96. The highest BCUT2D eigenvalue weighted by molar-refractivity contribution is 7.89. The van der Waals surface area contributed by atoms with E-state index >= 15 is 0 Å². The molecule has 1 aliphatic rings. The van der Waals surface area contributed by atoms with Crippen LogP contribution < -0.4 is 5.32 Å². The number of sulfonamides is 1. The Balaban J connectivity index is 1.65. The average Bonchev–Trinajstić information content (AvgIpc) is 3.14. The molecule has 0 atom stereocenters. The largest absolute Gasteiger partial charge is 0.326 e. The van der Waals surface area contributed by atoms with E-state index in [0.29, 0.717) is 28.8 Å². The Bertz CT molecular complexity index is 909. The molecule has 1 amide bonds. The van der Waals surface area contributed by atoms with Gasteiger partial charge in [-0.1, -0.05) is 29.3 Å². The summed E-state index contributed by atoms with van der Waals surface area (Å²) in [6.07, 6.45) is 1.93. The molecule has 0 unspecified atom stereocenters. The van der Waals surface area contributed by atoms with Gasteiger partial charge >= 0.3 is 0 Å². The van der Waals surface area contributed by atoms with Crippen molar-refractivity contribution in [3.05, 3.63) is 58.1 Å². The van der Waals surface area contributed by atoms with Crippen LogP contribution in [0.4, 0.5) is 5.69 Å². The first kappa shape index (κ1) is 19.2. The minimum Gasteiger partial charge on any atom is -0.326 e. The number of nitrogens with one attached hydrogen (secondary N) is 1. The molecule has 1 saturated heterocycles. The quantitative estimate of drug-likeness (QED) is 0.807. The van der Waals surface area contributed by atoms with Crippen molar-refractivity contribution in [1.29, 1.82) is 0 Å². The average molecular weight is 413 g/mol. The van der Waals surface area contributed by atoms with E-state index in [-0.39, 0.29) is 17.2 Å². The molecule has 3 rings (SSSR count). The fourth-order valence-electron chi connectivity index (χ4n) is 2.83. The van der Waals surface area contributed by atoms with Crippen LogP contribution in [0, 0.1) is 0 Å². The van der Waals surface area contributed by atoms with E-state index < -0.39 is 10.0 Å². The summed E-state index contributed by atoms with van der Waals surface area (Å²) in [6.45, 7) is 1.12. The predicted octanol–water partition coefficient (Wildman–Crippen LogP) is 3.96. The van der Waals surface area contributed by atoms with Crippen molar-refractivity contribution in [1.82, 2.24) is 4.31 Å². The normalized spacial score (nSPS) is 15.2. The van der Waals surface area contributed by atoms with Gasteiger partial charge in [0, 0.05) is 18.8 Å². The van der Waals surface area contributed by atoms with Gasteiger partial charge in [0.25, 0.3) is 0 Å². The first-order valence-electron chi connectivity index (χ1n) is 8.20. The molecule has 2 aromatic carbocycles. The van der Waals surface area contributed by atoms with Gasteiger partial charge in [0.05, 0.1) is 21.4 Å². The standard InChI is InChI=1S/C18H18Cl2N2O3S/c19-16-8-3-13(11-17(16)20)12-18(23)21-14-4-6-15(7-5-14)26(24,25)22-9-1-2-10-22/h3-8,11H,1-2,9-10,12H2,(H,21,23). The summed E-state index contributed by atoms with van der Waals surface area (Å²) in [6, 6.07) is 11.2. The smallest absolute Gasteiger partial charge is 0.243 e. The van der Waals surface area contributed by atoms with E-state index in [4.69, 9.17) is 23.2 Å². The summed E-state index contributed by atoms with van der Waals surface area (Å²) in [5.41, 5.74) is 1.28. The van der Waals surface area contributed by atoms with Crippen molar-refractivity contribution in [2.45, 2.75) is 24.2 Å². The van der Waals surface area contributed by atoms with Crippen molar-refractivity contribution in [3.63, 3.8) is 0 Å². The van der Waals surface area contributed by atoms with Gasteiger partial charge in [0.15, 0.2) is 0 Å². The Hall–Kier alpha value is -1.60. The lowest BCUT2D eigenvalue weighted by molar-refractivity contribution is -0.115. The van der Waals surface area contributed by atoms with Crippen LogP contribution in [0.3, 0.4) is 0 Å². The molecule has 1 N–H and O–H groups in total. The van der Waals surface area contributed by atoms with Crippen LogP contribution in [-0.2, 0) is 21.2 Å². The lowest BCUT2D eigenvalue weighted by atomic mass is 10.1. The van der Waals surface area contributed by atoms with E-state index in [1.54, 1.807) is 30.3 Å².